The summed E-state index contributed by atoms with van der Waals surface area (Å²) >= 11 is 5.45. The van der Waals surface area contributed by atoms with Crippen LogP contribution in [-0.4, -0.2) is 20.4 Å². The van der Waals surface area contributed by atoms with Gasteiger partial charge in [0.2, 0.25) is 5.82 Å². The van der Waals surface area contributed by atoms with Crippen molar-refractivity contribution < 1.29 is 0 Å². The van der Waals surface area contributed by atoms with E-state index in [1.807, 2.05) is 30.3 Å². The Bertz CT molecular complexity index is 387. The van der Waals surface area contributed by atoms with Gasteiger partial charge in [0.15, 0.2) is 0 Å². The smallest absolute Gasteiger partial charge is 0.125 e. The minimum atomic E-state index is 0.0553. The SMILES string of the molecule is Clc1nnc(-c2ccccc2)nn1. The van der Waals surface area contributed by atoms with Crippen molar-refractivity contribution in [3.8, 4) is 11.4 Å². The normalized spacial score (nSPS) is 9.92. The lowest BCUT2D eigenvalue weighted by atomic mass is 10.2. The highest BCUT2D eigenvalue weighted by Gasteiger charge is 2.00. The molecule has 0 saturated carbocycles. The van der Waals surface area contributed by atoms with Crippen LogP contribution in [0.1, 0.15) is 0 Å². The van der Waals surface area contributed by atoms with E-state index in [-0.39, 0.29) is 5.28 Å². The minimum Gasteiger partial charge on any atom is -0.125 e. The van der Waals surface area contributed by atoms with E-state index in [0.29, 0.717) is 5.82 Å². The lowest BCUT2D eigenvalue weighted by Gasteiger charge is -1.95. The van der Waals surface area contributed by atoms with Gasteiger partial charge in [0.05, 0.1) is 0 Å². The molecular formula is C8H5ClN4. The van der Waals surface area contributed by atoms with Crippen LogP contribution in [0.2, 0.25) is 5.28 Å². The summed E-state index contributed by atoms with van der Waals surface area (Å²) in [4.78, 5) is 0. The van der Waals surface area contributed by atoms with E-state index < -0.39 is 0 Å². The number of halogens is 1. The molecule has 0 spiro atoms. The molecule has 0 unspecified atom stereocenters. The summed E-state index contributed by atoms with van der Waals surface area (Å²) < 4.78 is 0. The summed E-state index contributed by atoms with van der Waals surface area (Å²) in [5, 5.41) is 14.8. The molecule has 0 radical (unpaired) electrons. The second-order valence-electron chi connectivity index (χ2n) is 2.36. The Labute approximate surface area is 79.6 Å². The lowest BCUT2D eigenvalue weighted by molar-refractivity contribution is 0.866. The van der Waals surface area contributed by atoms with E-state index in [1.165, 1.54) is 0 Å². The molecule has 1 aromatic heterocycles. The van der Waals surface area contributed by atoms with Gasteiger partial charge in [-0.05, 0) is 11.6 Å². The molecule has 0 saturated heterocycles. The molecule has 5 heteroatoms. The Kier molecular flexibility index (Phi) is 2.14. The Hall–Kier alpha value is -1.55. The van der Waals surface area contributed by atoms with Gasteiger partial charge in [-0.25, -0.2) is 0 Å². The van der Waals surface area contributed by atoms with Crippen molar-refractivity contribution in [2.75, 3.05) is 0 Å². The van der Waals surface area contributed by atoms with Crippen molar-refractivity contribution in [1.82, 2.24) is 20.4 Å². The Morgan fingerprint density at radius 1 is 0.846 bits per heavy atom. The molecule has 2 aromatic rings. The molecule has 13 heavy (non-hydrogen) atoms. The summed E-state index contributed by atoms with van der Waals surface area (Å²) in [6.45, 7) is 0. The molecule has 2 rings (SSSR count). The van der Waals surface area contributed by atoms with Crippen LogP contribution >= 0.6 is 11.6 Å². The maximum absolute atomic E-state index is 5.45. The van der Waals surface area contributed by atoms with Crippen LogP contribution in [0.15, 0.2) is 30.3 Å². The van der Waals surface area contributed by atoms with Crippen LogP contribution in [0.3, 0.4) is 0 Å². The minimum absolute atomic E-state index is 0.0553. The number of rotatable bonds is 1. The highest BCUT2D eigenvalue weighted by molar-refractivity contribution is 6.28. The van der Waals surface area contributed by atoms with Gasteiger partial charge >= 0.3 is 0 Å². The van der Waals surface area contributed by atoms with Gasteiger partial charge in [0.1, 0.15) is 0 Å². The van der Waals surface area contributed by atoms with Crippen molar-refractivity contribution in [1.29, 1.82) is 0 Å². The maximum atomic E-state index is 5.45. The number of nitrogens with zero attached hydrogens (tertiary/aromatic N) is 4. The summed E-state index contributed by atoms with van der Waals surface area (Å²) in [6.07, 6.45) is 0. The van der Waals surface area contributed by atoms with Crippen molar-refractivity contribution in [2.24, 2.45) is 0 Å². The second kappa shape index (κ2) is 3.45. The predicted molar refractivity (Wildman–Crippen MR) is 48.1 cm³/mol. The van der Waals surface area contributed by atoms with Crippen LogP contribution in [0, 0.1) is 0 Å². The molecule has 1 heterocycles. The fourth-order valence-electron chi connectivity index (χ4n) is 0.920. The third-order valence-electron chi connectivity index (χ3n) is 1.49. The van der Waals surface area contributed by atoms with E-state index in [1.54, 1.807) is 0 Å². The van der Waals surface area contributed by atoms with Gasteiger partial charge in [-0.15, -0.1) is 20.4 Å². The van der Waals surface area contributed by atoms with Crippen LogP contribution < -0.4 is 0 Å². The van der Waals surface area contributed by atoms with Crippen LogP contribution in [0.25, 0.3) is 11.4 Å². The van der Waals surface area contributed by atoms with Crippen molar-refractivity contribution >= 4 is 11.6 Å². The van der Waals surface area contributed by atoms with Gasteiger partial charge in [0, 0.05) is 5.56 Å². The monoisotopic (exact) mass is 192 g/mol. The molecule has 0 N–H and O–H groups in total. The largest absolute Gasteiger partial charge is 0.262 e. The first-order valence-electron chi connectivity index (χ1n) is 3.64. The zero-order valence-electron chi connectivity index (χ0n) is 6.55. The highest BCUT2D eigenvalue weighted by atomic mass is 35.5. The number of hydrogen-bond acceptors (Lipinski definition) is 4. The van der Waals surface area contributed by atoms with Gasteiger partial charge in [-0.2, -0.15) is 0 Å². The number of hydrogen-bond donors (Lipinski definition) is 0. The van der Waals surface area contributed by atoms with E-state index in [4.69, 9.17) is 11.6 Å². The molecule has 4 nitrogen and oxygen atoms in total. The molecule has 64 valence electrons. The van der Waals surface area contributed by atoms with Crippen LogP contribution in [0.5, 0.6) is 0 Å². The molecule has 0 atom stereocenters. The zero-order valence-corrected chi connectivity index (χ0v) is 7.31. The molecule has 0 aliphatic rings. The van der Waals surface area contributed by atoms with Crippen LogP contribution in [-0.2, 0) is 0 Å². The first kappa shape index (κ1) is 8.07. The summed E-state index contributed by atoms with van der Waals surface area (Å²) in [5.74, 6) is 0.477. The van der Waals surface area contributed by atoms with E-state index >= 15 is 0 Å². The van der Waals surface area contributed by atoms with Gasteiger partial charge in [0.25, 0.3) is 5.28 Å². The molecule has 0 aliphatic carbocycles. The number of aromatic nitrogens is 4. The first-order valence-corrected chi connectivity index (χ1v) is 4.02. The molecular weight excluding hydrogens is 188 g/mol. The first-order chi connectivity index (χ1) is 6.36. The Morgan fingerprint density at radius 3 is 2.08 bits per heavy atom. The highest BCUT2D eigenvalue weighted by Crippen LogP contribution is 2.11. The lowest BCUT2D eigenvalue weighted by Crippen LogP contribution is -1.95. The molecule has 0 fully saturated rings. The second-order valence-corrected chi connectivity index (χ2v) is 2.70. The van der Waals surface area contributed by atoms with E-state index in [2.05, 4.69) is 20.4 Å². The predicted octanol–water partition coefficient (Wildman–Crippen LogP) is 1.59. The molecule has 0 bridgehead atoms. The third-order valence-corrected chi connectivity index (χ3v) is 1.64. The fraction of sp³-hybridized carbons (Fsp3) is 0. The summed E-state index contributed by atoms with van der Waals surface area (Å²) in [7, 11) is 0. The molecule has 0 aliphatic heterocycles. The summed E-state index contributed by atoms with van der Waals surface area (Å²) in [6, 6.07) is 9.47. The standard InChI is InChI=1S/C8H5ClN4/c9-8-12-10-7(11-13-8)6-4-2-1-3-5-6/h1-5H. The Morgan fingerprint density at radius 2 is 1.46 bits per heavy atom. The summed E-state index contributed by atoms with van der Waals surface area (Å²) in [5.41, 5.74) is 0.874. The van der Waals surface area contributed by atoms with Crippen molar-refractivity contribution in [3.05, 3.63) is 35.6 Å². The third kappa shape index (κ3) is 1.78. The quantitative estimate of drug-likeness (QED) is 0.689. The molecule has 1 aromatic carbocycles. The number of benzene rings is 1. The van der Waals surface area contributed by atoms with Gasteiger partial charge in [-0.1, -0.05) is 30.3 Å². The zero-order chi connectivity index (χ0) is 9.10. The van der Waals surface area contributed by atoms with E-state index in [0.717, 1.165) is 5.56 Å². The van der Waals surface area contributed by atoms with Crippen molar-refractivity contribution in [2.45, 2.75) is 0 Å². The topological polar surface area (TPSA) is 51.6 Å². The molecule has 0 amide bonds. The van der Waals surface area contributed by atoms with Gasteiger partial charge in [-0.3, -0.25) is 0 Å². The van der Waals surface area contributed by atoms with Crippen molar-refractivity contribution in [3.63, 3.8) is 0 Å². The fourth-order valence-corrected chi connectivity index (χ4v) is 0.996. The van der Waals surface area contributed by atoms with Crippen LogP contribution in [0.4, 0.5) is 0 Å². The average molecular weight is 193 g/mol. The Balaban J connectivity index is 2.42. The van der Waals surface area contributed by atoms with E-state index in [9.17, 15) is 0 Å². The maximum Gasteiger partial charge on any atom is 0.262 e. The average Bonchev–Trinajstić information content (AvgIpc) is 2.20. The van der Waals surface area contributed by atoms with Gasteiger partial charge < -0.3 is 0 Å².